The zero-order valence-corrected chi connectivity index (χ0v) is 11.7. The number of hydrogen-bond acceptors (Lipinski definition) is 3. The molecule has 1 saturated heterocycles. The molecule has 0 bridgehead atoms. The van der Waals surface area contributed by atoms with E-state index < -0.39 is 0 Å². The first-order valence-electron chi connectivity index (χ1n) is 6.00. The van der Waals surface area contributed by atoms with Crippen LogP contribution in [0.2, 0.25) is 5.02 Å². The first kappa shape index (κ1) is 13.2. The van der Waals surface area contributed by atoms with Crippen LogP contribution < -0.4 is 5.73 Å². The van der Waals surface area contributed by atoms with E-state index in [1.165, 1.54) is 22.6 Å². The van der Waals surface area contributed by atoms with Crippen LogP contribution in [0.3, 0.4) is 0 Å². The van der Waals surface area contributed by atoms with E-state index in [1.54, 1.807) is 0 Å². The van der Waals surface area contributed by atoms with E-state index in [0.29, 0.717) is 12.6 Å². The Morgan fingerprint density at radius 3 is 2.71 bits per heavy atom. The minimum atomic E-state index is 0.341. The van der Waals surface area contributed by atoms with Crippen LogP contribution in [0.4, 0.5) is 0 Å². The topological polar surface area (TPSA) is 29.3 Å². The van der Waals surface area contributed by atoms with Crippen LogP contribution >= 0.6 is 23.4 Å². The lowest BCUT2D eigenvalue weighted by Gasteiger charge is -2.34. The summed E-state index contributed by atoms with van der Waals surface area (Å²) in [4.78, 5) is 2.49. The third kappa shape index (κ3) is 3.16. The van der Waals surface area contributed by atoms with Crippen LogP contribution in [0.1, 0.15) is 17.2 Å². The Hall–Kier alpha value is -0.220. The monoisotopic (exact) mass is 270 g/mol. The van der Waals surface area contributed by atoms with E-state index in [4.69, 9.17) is 17.3 Å². The molecule has 1 unspecified atom stereocenters. The number of hydrogen-bond donors (Lipinski definition) is 1. The van der Waals surface area contributed by atoms with Crippen molar-refractivity contribution in [3.63, 3.8) is 0 Å². The lowest BCUT2D eigenvalue weighted by molar-refractivity contribution is 0.222. The van der Waals surface area contributed by atoms with Gasteiger partial charge in [-0.1, -0.05) is 17.7 Å². The van der Waals surface area contributed by atoms with Gasteiger partial charge in [0.2, 0.25) is 0 Å². The molecule has 0 amide bonds. The molecule has 1 aromatic carbocycles. The van der Waals surface area contributed by atoms with Gasteiger partial charge in [-0.15, -0.1) is 0 Å². The highest BCUT2D eigenvalue weighted by molar-refractivity contribution is 7.99. The second kappa shape index (κ2) is 6.10. The molecule has 2 nitrogen and oxygen atoms in total. The Morgan fingerprint density at radius 1 is 1.41 bits per heavy atom. The summed E-state index contributed by atoms with van der Waals surface area (Å²) in [6.45, 7) is 5.05. The third-order valence-corrected chi connectivity index (χ3v) is 4.48. The van der Waals surface area contributed by atoms with Crippen LogP contribution in [0, 0.1) is 6.92 Å². The highest BCUT2D eigenvalue weighted by Gasteiger charge is 2.22. The predicted molar refractivity (Wildman–Crippen MR) is 76.9 cm³/mol. The lowest BCUT2D eigenvalue weighted by atomic mass is 10.00. The van der Waals surface area contributed by atoms with Crippen molar-refractivity contribution in [2.45, 2.75) is 13.0 Å². The van der Waals surface area contributed by atoms with Crippen LogP contribution in [-0.2, 0) is 0 Å². The van der Waals surface area contributed by atoms with E-state index in [1.807, 2.05) is 23.9 Å². The summed E-state index contributed by atoms with van der Waals surface area (Å²) in [7, 11) is 0. The fourth-order valence-corrected chi connectivity index (χ4v) is 3.53. The average molecular weight is 271 g/mol. The number of rotatable bonds is 3. The van der Waals surface area contributed by atoms with Crippen LogP contribution in [0.25, 0.3) is 0 Å². The molecule has 1 heterocycles. The van der Waals surface area contributed by atoms with E-state index in [9.17, 15) is 0 Å². The first-order chi connectivity index (χ1) is 8.22. The summed E-state index contributed by atoms with van der Waals surface area (Å²) in [6, 6.07) is 6.45. The smallest absolute Gasteiger partial charge is 0.0473 e. The zero-order chi connectivity index (χ0) is 12.3. The molecular weight excluding hydrogens is 252 g/mol. The summed E-state index contributed by atoms with van der Waals surface area (Å²) in [5.41, 5.74) is 8.53. The maximum Gasteiger partial charge on any atom is 0.0473 e. The number of benzene rings is 1. The second-order valence-electron chi connectivity index (χ2n) is 4.40. The number of thioether (sulfide) groups is 1. The van der Waals surface area contributed by atoms with E-state index in [2.05, 4.69) is 17.9 Å². The standard InChI is InChI=1S/C13H19ClN2S/c1-10-8-11(14)2-3-12(10)13(9-15)16-4-6-17-7-5-16/h2-3,8,13H,4-7,9,15H2,1H3. The molecule has 2 rings (SSSR count). The zero-order valence-electron chi connectivity index (χ0n) is 10.2. The van der Waals surface area contributed by atoms with Crippen molar-refractivity contribution in [1.29, 1.82) is 0 Å². The molecule has 1 aliphatic heterocycles. The molecule has 17 heavy (non-hydrogen) atoms. The van der Waals surface area contributed by atoms with E-state index in [0.717, 1.165) is 18.1 Å². The molecule has 0 radical (unpaired) electrons. The van der Waals surface area contributed by atoms with Crippen LogP contribution in [0.15, 0.2) is 18.2 Å². The molecule has 0 aliphatic carbocycles. The van der Waals surface area contributed by atoms with Crippen molar-refractivity contribution in [1.82, 2.24) is 4.90 Å². The van der Waals surface area contributed by atoms with Crippen molar-refractivity contribution in [3.05, 3.63) is 34.3 Å². The van der Waals surface area contributed by atoms with Gasteiger partial charge in [0, 0.05) is 42.2 Å². The summed E-state index contributed by atoms with van der Waals surface area (Å²) in [5.74, 6) is 2.42. The van der Waals surface area contributed by atoms with E-state index >= 15 is 0 Å². The molecule has 1 atom stereocenters. The van der Waals surface area contributed by atoms with Crippen molar-refractivity contribution in [2.24, 2.45) is 5.73 Å². The van der Waals surface area contributed by atoms with Crippen molar-refractivity contribution in [3.8, 4) is 0 Å². The van der Waals surface area contributed by atoms with Crippen molar-refractivity contribution in [2.75, 3.05) is 31.1 Å². The van der Waals surface area contributed by atoms with Crippen molar-refractivity contribution >= 4 is 23.4 Å². The Morgan fingerprint density at radius 2 is 2.12 bits per heavy atom. The average Bonchev–Trinajstić information content (AvgIpc) is 2.34. The minimum absolute atomic E-state index is 0.341. The van der Waals surface area contributed by atoms with Gasteiger partial charge in [0.15, 0.2) is 0 Å². The van der Waals surface area contributed by atoms with Gasteiger partial charge in [-0.25, -0.2) is 0 Å². The predicted octanol–water partition coefficient (Wildman–Crippen LogP) is 2.70. The molecule has 4 heteroatoms. The normalized spacial score (nSPS) is 19.2. The van der Waals surface area contributed by atoms with Crippen LogP contribution in [0.5, 0.6) is 0 Å². The van der Waals surface area contributed by atoms with Gasteiger partial charge in [-0.3, -0.25) is 4.90 Å². The molecule has 2 N–H and O–H groups in total. The summed E-state index contributed by atoms with van der Waals surface area (Å²) in [6.07, 6.45) is 0. The second-order valence-corrected chi connectivity index (χ2v) is 6.06. The maximum atomic E-state index is 6.00. The SMILES string of the molecule is Cc1cc(Cl)ccc1C(CN)N1CCSCC1. The maximum absolute atomic E-state index is 6.00. The molecule has 1 fully saturated rings. The fourth-order valence-electron chi connectivity index (χ4n) is 2.37. The lowest BCUT2D eigenvalue weighted by Crippen LogP contribution is -2.39. The quantitative estimate of drug-likeness (QED) is 0.916. The van der Waals surface area contributed by atoms with Gasteiger partial charge in [-0.2, -0.15) is 11.8 Å². The molecule has 0 spiro atoms. The molecule has 0 saturated carbocycles. The molecule has 94 valence electrons. The summed E-state index contributed by atoms with van der Waals surface area (Å²) >= 11 is 8.03. The van der Waals surface area contributed by atoms with Gasteiger partial charge in [0.05, 0.1) is 0 Å². The van der Waals surface area contributed by atoms with Crippen molar-refractivity contribution < 1.29 is 0 Å². The fraction of sp³-hybridized carbons (Fsp3) is 0.538. The van der Waals surface area contributed by atoms with Gasteiger partial charge < -0.3 is 5.73 Å². The van der Waals surface area contributed by atoms with Gasteiger partial charge >= 0.3 is 0 Å². The molecular formula is C13H19ClN2S. The van der Waals surface area contributed by atoms with Gasteiger partial charge in [0.1, 0.15) is 0 Å². The largest absolute Gasteiger partial charge is 0.329 e. The Balaban J connectivity index is 2.21. The Bertz CT molecular complexity index is 378. The Labute approximate surface area is 113 Å². The van der Waals surface area contributed by atoms with Gasteiger partial charge in [0.25, 0.3) is 0 Å². The Kier molecular flexibility index (Phi) is 4.74. The summed E-state index contributed by atoms with van der Waals surface area (Å²) in [5, 5.41) is 0.802. The van der Waals surface area contributed by atoms with Crippen LogP contribution in [-0.4, -0.2) is 36.0 Å². The molecule has 1 aromatic rings. The van der Waals surface area contributed by atoms with E-state index in [-0.39, 0.29) is 0 Å². The number of halogens is 1. The number of nitrogens with zero attached hydrogens (tertiary/aromatic N) is 1. The summed E-state index contributed by atoms with van der Waals surface area (Å²) < 4.78 is 0. The first-order valence-corrected chi connectivity index (χ1v) is 7.53. The number of nitrogens with two attached hydrogens (primary N) is 1. The molecule has 0 aromatic heterocycles. The number of aryl methyl sites for hydroxylation is 1. The highest BCUT2D eigenvalue weighted by atomic mass is 35.5. The molecule has 1 aliphatic rings. The highest BCUT2D eigenvalue weighted by Crippen LogP contribution is 2.27. The van der Waals surface area contributed by atoms with Gasteiger partial charge in [-0.05, 0) is 30.2 Å². The third-order valence-electron chi connectivity index (χ3n) is 3.30. The minimum Gasteiger partial charge on any atom is -0.329 e.